The minimum atomic E-state index is -4.19. The molecule has 2 aromatic carbocycles. The maximum Gasteiger partial charge on any atom is 0.321 e. The third-order valence-corrected chi connectivity index (χ3v) is 7.84. The summed E-state index contributed by atoms with van der Waals surface area (Å²) in [5.41, 5.74) is 2.20. The first kappa shape index (κ1) is 25.8. The molecule has 2 aromatic rings. The fourth-order valence-electron chi connectivity index (χ4n) is 3.62. The van der Waals surface area contributed by atoms with E-state index < -0.39 is 34.3 Å². The van der Waals surface area contributed by atoms with Crippen LogP contribution in [0.15, 0.2) is 42.5 Å². The minimum Gasteiger partial charge on any atom is -0.496 e. The van der Waals surface area contributed by atoms with Crippen LogP contribution in [0, 0.1) is 6.92 Å². The zero-order valence-electron chi connectivity index (χ0n) is 19.0. The number of hydrogen-bond donors (Lipinski definition) is 3. The monoisotopic (exact) mass is 509 g/mol. The lowest BCUT2D eigenvalue weighted by molar-refractivity contribution is -0.139. The average Bonchev–Trinajstić information content (AvgIpc) is 3.01. The molecule has 3 N–H and O–H groups in total. The van der Waals surface area contributed by atoms with Crippen LogP contribution in [0.5, 0.6) is 11.5 Å². The number of hydrogen-bond acceptors (Lipinski definition) is 8. The molecule has 1 aliphatic heterocycles. The van der Waals surface area contributed by atoms with E-state index in [0.717, 1.165) is 9.87 Å². The number of carbonyl (C=O) groups is 2. The maximum absolute atomic E-state index is 12.7. The lowest BCUT2D eigenvalue weighted by Crippen LogP contribution is -2.53. The lowest BCUT2D eigenvalue weighted by atomic mass is 10.1. The van der Waals surface area contributed by atoms with Crippen LogP contribution in [0.1, 0.15) is 16.7 Å². The van der Waals surface area contributed by atoms with Gasteiger partial charge in [0.1, 0.15) is 17.5 Å². The summed E-state index contributed by atoms with van der Waals surface area (Å²) in [4.78, 5) is 24.4. The van der Waals surface area contributed by atoms with Crippen molar-refractivity contribution in [3.63, 3.8) is 0 Å². The summed E-state index contributed by atoms with van der Waals surface area (Å²) >= 11 is 1.37. The summed E-state index contributed by atoms with van der Waals surface area (Å²) in [6.07, 6.45) is -1.39. The predicted molar refractivity (Wildman–Crippen MR) is 128 cm³/mol. The van der Waals surface area contributed by atoms with Gasteiger partial charge < -0.3 is 14.6 Å². The highest BCUT2D eigenvalue weighted by Crippen LogP contribution is 2.33. The summed E-state index contributed by atoms with van der Waals surface area (Å²) in [7, 11) is -1.22. The second-order valence-electron chi connectivity index (χ2n) is 7.56. The Labute approximate surface area is 202 Å². The zero-order valence-corrected chi connectivity index (χ0v) is 20.6. The molecule has 0 spiro atoms. The summed E-state index contributed by atoms with van der Waals surface area (Å²) in [6.45, 7) is 1.56. The fraction of sp³-hybridized carbons (Fsp3) is 0.364. The van der Waals surface area contributed by atoms with Crippen LogP contribution >= 0.6 is 11.8 Å². The highest BCUT2D eigenvalue weighted by atomic mass is 32.2. The standard InChI is InChI=1S/C22H27N3O7S2/c1-14-18(31-2)10-9-16(19(14)32-3)11-25-20(21(26)24-34(25,29)30)23-17(22(27)28)13-33-12-15-7-5-4-6-8-15/h4-10,17,20,23H,11-13H2,1-3H3,(H,24,26)(H,27,28)/t17-,20+/m0/s1. The van der Waals surface area contributed by atoms with Crippen molar-refractivity contribution in [1.29, 1.82) is 0 Å². The van der Waals surface area contributed by atoms with Crippen molar-refractivity contribution in [2.75, 3.05) is 20.0 Å². The predicted octanol–water partition coefficient (Wildman–Crippen LogP) is 1.49. The van der Waals surface area contributed by atoms with Crippen LogP contribution in [0.2, 0.25) is 0 Å². The third kappa shape index (κ3) is 5.81. The molecule has 1 heterocycles. The first-order valence-corrected chi connectivity index (χ1v) is 12.9. The van der Waals surface area contributed by atoms with Crippen LogP contribution in [-0.2, 0) is 32.1 Å². The van der Waals surface area contributed by atoms with Gasteiger partial charge in [-0.1, -0.05) is 36.4 Å². The Morgan fingerprint density at radius 2 is 1.91 bits per heavy atom. The van der Waals surface area contributed by atoms with E-state index in [0.29, 0.717) is 28.4 Å². The van der Waals surface area contributed by atoms with Gasteiger partial charge >= 0.3 is 16.2 Å². The Morgan fingerprint density at radius 1 is 1.21 bits per heavy atom. The number of ether oxygens (including phenoxy) is 2. The average molecular weight is 510 g/mol. The van der Waals surface area contributed by atoms with Gasteiger partial charge in [-0.15, -0.1) is 0 Å². The molecule has 2 atom stereocenters. The number of thioether (sulfide) groups is 1. The Hall–Kier alpha value is -2.80. The molecule has 34 heavy (non-hydrogen) atoms. The number of carboxylic acid groups (broad SMARTS) is 1. The van der Waals surface area contributed by atoms with Crippen LogP contribution in [0.4, 0.5) is 0 Å². The van der Waals surface area contributed by atoms with Crippen molar-refractivity contribution in [3.05, 3.63) is 59.2 Å². The molecule has 3 rings (SSSR count). The van der Waals surface area contributed by atoms with Gasteiger partial charge in [-0.2, -0.15) is 24.5 Å². The highest BCUT2D eigenvalue weighted by Gasteiger charge is 2.45. The molecule has 0 radical (unpaired) electrons. The molecule has 12 heteroatoms. The number of benzene rings is 2. The number of nitrogens with one attached hydrogen (secondary N) is 2. The van der Waals surface area contributed by atoms with Crippen LogP contribution in [-0.4, -0.2) is 61.9 Å². The van der Waals surface area contributed by atoms with Crippen molar-refractivity contribution < 1.29 is 32.6 Å². The number of methoxy groups -OCH3 is 2. The maximum atomic E-state index is 12.7. The Kier molecular flexibility index (Phi) is 8.42. The molecule has 0 aliphatic carbocycles. The van der Waals surface area contributed by atoms with Gasteiger partial charge in [-0.05, 0) is 18.6 Å². The van der Waals surface area contributed by atoms with Crippen LogP contribution in [0.25, 0.3) is 0 Å². The fourth-order valence-corrected chi connectivity index (χ4v) is 5.87. The topological polar surface area (TPSA) is 134 Å². The normalized spacial score (nSPS) is 18.3. The summed E-state index contributed by atoms with van der Waals surface area (Å²) in [5.74, 6) is -0.338. The van der Waals surface area contributed by atoms with E-state index in [-0.39, 0.29) is 12.3 Å². The van der Waals surface area contributed by atoms with Gasteiger partial charge in [0.05, 0.1) is 14.2 Å². The SMILES string of the molecule is COc1ccc(CN2[C@@H](N[C@@H](CSCc3ccccc3)C(=O)O)C(=O)NS2(=O)=O)c(OC)c1C. The van der Waals surface area contributed by atoms with Crippen molar-refractivity contribution in [3.8, 4) is 11.5 Å². The summed E-state index contributed by atoms with van der Waals surface area (Å²) < 4.78 is 38.9. The smallest absolute Gasteiger partial charge is 0.321 e. The second-order valence-corrected chi connectivity index (χ2v) is 10.2. The number of aliphatic carboxylic acids is 1. The molecule has 0 aromatic heterocycles. The molecule has 1 saturated heterocycles. The van der Waals surface area contributed by atoms with Crippen molar-refractivity contribution >= 4 is 33.8 Å². The van der Waals surface area contributed by atoms with E-state index in [4.69, 9.17) is 9.47 Å². The third-order valence-electron chi connectivity index (χ3n) is 5.32. The number of nitrogens with zero attached hydrogens (tertiary/aromatic N) is 1. The summed E-state index contributed by atoms with van der Waals surface area (Å²) in [6, 6.07) is 11.7. The van der Waals surface area contributed by atoms with Gasteiger partial charge in [0.15, 0.2) is 6.17 Å². The molecule has 1 amide bonds. The van der Waals surface area contributed by atoms with Crippen LogP contribution < -0.4 is 19.5 Å². The van der Waals surface area contributed by atoms with E-state index in [1.165, 1.54) is 26.0 Å². The largest absolute Gasteiger partial charge is 0.496 e. The first-order valence-electron chi connectivity index (χ1n) is 10.3. The zero-order chi connectivity index (χ0) is 24.9. The van der Waals surface area contributed by atoms with Gasteiger partial charge in [-0.25, -0.2) is 4.72 Å². The lowest BCUT2D eigenvalue weighted by Gasteiger charge is -2.25. The van der Waals surface area contributed by atoms with Gasteiger partial charge in [0.2, 0.25) is 0 Å². The number of carboxylic acids is 1. The van der Waals surface area contributed by atoms with Crippen molar-refractivity contribution in [1.82, 2.24) is 14.3 Å². The molecule has 1 fully saturated rings. The quantitative estimate of drug-likeness (QED) is 0.412. The van der Waals surface area contributed by atoms with E-state index in [2.05, 4.69) is 5.32 Å². The Morgan fingerprint density at radius 3 is 2.53 bits per heavy atom. The van der Waals surface area contributed by atoms with E-state index in [9.17, 15) is 23.1 Å². The van der Waals surface area contributed by atoms with Gasteiger partial charge in [-0.3, -0.25) is 14.9 Å². The number of amides is 1. The van der Waals surface area contributed by atoms with Gasteiger partial charge in [0, 0.05) is 29.2 Å². The molecule has 10 nitrogen and oxygen atoms in total. The summed E-state index contributed by atoms with van der Waals surface area (Å²) in [5, 5.41) is 12.4. The molecular weight excluding hydrogens is 482 g/mol. The Balaban J connectivity index is 1.79. The van der Waals surface area contributed by atoms with Gasteiger partial charge in [0.25, 0.3) is 5.91 Å². The molecule has 0 saturated carbocycles. The van der Waals surface area contributed by atoms with Crippen molar-refractivity contribution in [2.24, 2.45) is 0 Å². The molecular formula is C22H27N3O7S2. The first-order chi connectivity index (χ1) is 16.2. The molecule has 1 aliphatic rings. The van der Waals surface area contributed by atoms with E-state index >= 15 is 0 Å². The second kappa shape index (κ2) is 11.1. The number of rotatable bonds is 11. The Bertz CT molecular complexity index is 1140. The molecule has 0 unspecified atom stereocenters. The molecule has 184 valence electrons. The highest BCUT2D eigenvalue weighted by molar-refractivity contribution is 7.98. The molecule has 0 bridgehead atoms. The number of carbonyl (C=O) groups excluding carboxylic acids is 1. The minimum absolute atomic E-state index is 0.132. The van der Waals surface area contributed by atoms with E-state index in [1.807, 2.05) is 35.1 Å². The van der Waals surface area contributed by atoms with E-state index in [1.54, 1.807) is 19.1 Å². The van der Waals surface area contributed by atoms with Crippen LogP contribution in [0.3, 0.4) is 0 Å². The van der Waals surface area contributed by atoms with Crippen molar-refractivity contribution in [2.45, 2.75) is 31.4 Å².